The number of hydrogen-bond acceptors (Lipinski definition) is 4. The molecule has 1 fully saturated rings. The third-order valence-electron chi connectivity index (χ3n) is 4.11. The molecule has 3 rings (SSSR count). The topological polar surface area (TPSA) is 47.7 Å². The lowest BCUT2D eigenvalue weighted by Gasteiger charge is -2.31. The van der Waals surface area contributed by atoms with Crippen molar-refractivity contribution in [1.82, 2.24) is 4.90 Å². The number of benzene rings is 1. The summed E-state index contributed by atoms with van der Waals surface area (Å²) in [6.45, 7) is 4.54. The quantitative estimate of drug-likeness (QED) is 0.896. The summed E-state index contributed by atoms with van der Waals surface area (Å²) in [5.41, 5.74) is 6.96. The maximum atomic E-state index is 5.60. The first kappa shape index (κ1) is 12.8. The number of ether oxygens (including phenoxy) is 2. The smallest absolute Gasteiger partial charge is 0.231 e. The van der Waals surface area contributed by atoms with E-state index in [0.29, 0.717) is 6.79 Å². The second-order valence-corrected chi connectivity index (χ2v) is 5.47. The highest BCUT2D eigenvalue weighted by atomic mass is 16.7. The van der Waals surface area contributed by atoms with Crippen LogP contribution in [0.3, 0.4) is 0 Å². The highest BCUT2D eigenvalue weighted by Gasteiger charge is 2.20. The van der Waals surface area contributed by atoms with Gasteiger partial charge in [-0.15, -0.1) is 0 Å². The fourth-order valence-corrected chi connectivity index (χ4v) is 3.00. The van der Waals surface area contributed by atoms with Crippen LogP contribution < -0.4 is 15.2 Å². The first-order valence-corrected chi connectivity index (χ1v) is 7.16. The predicted molar refractivity (Wildman–Crippen MR) is 74.5 cm³/mol. The van der Waals surface area contributed by atoms with Crippen LogP contribution in [-0.4, -0.2) is 37.9 Å². The number of piperidine rings is 1. The van der Waals surface area contributed by atoms with E-state index < -0.39 is 0 Å². The standard InChI is InChI=1S/C15H22N2O2/c16-5-8-17-6-3-12(4-7-17)9-13-1-2-14-15(10-13)19-11-18-14/h1-2,10,12H,3-9,11,16H2. The molecule has 0 amide bonds. The molecule has 0 aromatic heterocycles. The maximum absolute atomic E-state index is 5.60. The van der Waals surface area contributed by atoms with Crippen LogP contribution in [0.1, 0.15) is 18.4 Å². The van der Waals surface area contributed by atoms with E-state index >= 15 is 0 Å². The Balaban J connectivity index is 1.55. The molecule has 0 unspecified atom stereocenters. The molecule has 0 bridgehead atoms. The Bertz CT molecular complexity index is 428. The third-order valence-corrected chi connectivity index (χ3v) is 4.11. The van der Waals surface area contributed by atoms with E-state index in [2.05, 4.69) is 17.0 Å². The molecule has 0 atom stereocenters. The Morgan fingerprint density at radius 2 is 1.95 bits per heavy atom. The van der Waals surface area contributed by atoms with Crippen molar-refractivity contribution < 1.29 is 9.47 Å². The number of nitrogens with zero attached hydrogens (tertiary/aromatic N) is 1. The molecule has 19 heavy (non-hydrogen) atoms. The Hall–Kier alpha value is -1.26. The molecule has 0 spiro atoms. The maximum Gasteiger partial charge on any atom is 0.231 e. The van der Waals surface area contributed by atoms with Crippen molar-refractivity contribution in [3.05, 3.63) is 23.8 Å². The summed E-state index contributed by atoms with van der Waals surface area (Å²) in [4.78, 5) is 2.47. The molecular weight excluding hydrogens is 240 g/mol. The highest BCUT2D eigenvalue weighted by Crippen LogP contribution is 2.33. The third kappa shape index (κ3) is 3.01. The minimum Gasteiger partial charge on any atom is -0.454 e. The predicted octanol–water partition coefficient (Wildman–Crippen LogP) is 1.63. The molecule has 4 nitrogen and oxygen atoms in total. The van der Waals surface area contributed by atoms with Gasteiger partial charge in [-0.3, -0.25) is 0 Å². The van der Waals surface area contributed by atoms with Crippen LogP contribution in [0, 0.1) is 5.92 Å². The van der Waals surface area contributed by atoms with E-state index in [1.165, 1.54) is 31.5 Å². The van der Waals surface area contributed by atoms with Crippen molar-refractivity contribution in [1.29, 1.82) is 0 Å². The van der Waals surface area contributed by atoms with E-state index in [1.54, 1.807) is 0 Å². The number of hydrogen-bond donors (Lipinski definition) is 1. The fraction of sp³-hybridized carbons (Fsp3) is 0.600. The molecular formula is C15H22N2O2. The average Bonchev–Trinajstić information content (AvgIpc) is 2.89. The molecule has 2 N–H and O–H groups in total. The van der Waals surface area contributed by atoms with E-state index in [1.807, 2.05) is 6.07 Å². The second-order valence-electron chi connectivity index (χ2n) is 5.47. The van der Waals surface area contributed by atoms with Crippen LogP contribution in [-0.2, 0) is 6.42 Å². The molecule has 0 saturated carbocycles. The minimum absolute atomic E-state index is 0.357. The van der Waals surface area contributed by atoms with Crippen molar-refractivity contribution in [3.63, 3.8) is 0 Å². The summed E-state index contributed by atoms with van der Waals surface area (Å²) in [7, 11) is 0. The number of nitrogens with two attached hydrogens (primary N) is 1. The van der Waals surface area contributed by atoms with Crippen molar-refractivity contribution in [3.8, 4) is 11.5 Å². The number of rotatable bonds is 4. The van der Waals surface area contributed by atoms with E-state index in [4.69, 9.17) is 15.2 Å². The van der Waals surface area contributed by atoms with Crippen molar-refractivity contribution in [2.24, 2.45) is 11.7 Å². The van der Waals surface area contributed by atoms with Crippen molar-refractivity contribution in [2.75, 3.05) is 33.0 Å². The van der Waals surface area contributed by atoms with Gasteiger partial charge in [-0.25, -0.2) is 0 Å². The van der Waals surface area contributed by atoms with Gasteiger partial charge < -0.3 is 20.1 Å². The summed E-state index contributed by atoms with van der Waals surface area (Å²) >= 11 is 0. The Morgan fingerprint density at radius 1 is 1.16 bits per heavy atom. The van der Waals surface area contributed by atoms with Crippen LogP contribution in [0.5, 0.6) is 11.5 Å². The summed E-state index contributed by atoms with van der Waals surface area (Å²) < 4.78 is 10.8. The number of fused-ring (bicyclic) bond motifs is 1. The molecule has 104 valence electrons. The Kier molecular flexibility index (Phi) is 3.89. The van der Waals surface area contributed by atoms with Gasteiger partial charge in [0.05, 0.1) is 0 Å². The van der Waals surface area contributed by atoms with Gasteiger partial charge in [0.1, 0.15) is 0 Å². The van der Waals surface area contributed by atoms with Crippen molar-refractivity contribution >= 4 is 0 Å². The zero-order valence-corrected chi connectivity index (χ0v) is 11.3. The molecule has 1 saturated heterocycles. The average molecular weight is 262 g/mol. The molecule has 0 radical (unpaired) electrons. The summed E-state index contributed by atoms with van der Waals surface area (Å²) in [6.07, 6.45) is 3.69. The van der Waals surface area contributed by atoms with E-state index in [-0.39, 0.29) is 0 Å². The molecule has 1 aromatic rings. The van der Waals surface area contributed by atoms with Gasteiger partial charge in [-0.2, -0.15) is 0 Å². The van der Waals surface area contributed by atoms with Gasteiger partial charge in [0, 0.05) is 13.1 Å². The highest BCUT2D eigenvalue weighted by molar-refractivity contribution is 5.44. The molecule has 1 aromatic carbocycles. The number of likely N-dealkylation sites (tertiary alicyclic amines) is 1. The van der Waals surface area contributed by atoms with Gasteiger partial charge in [-0.05, 0) is 56.0 Å². The fourth-order valence-electron chi connectivity index (χ4n) is 3.00. The Morgan fingerprint density at radius 3 is 2.74 bits per heavy atom. The molecule has 4 heteroatoms. The van der Waals surface area contributed by atoms with Crippen LogP contribution in [0.2, 0.25) is 0 Å². The summed E-state index contributed by atoms with van der Waals surface area (Å²) in [6, 6.07) is 6.33. The first-order valence-electron chi connectivity index (χ1n) is 7.16. The van der Waals surface area contributed by atoms with Gasteiger partial charge in [0.2, 0.25) is 6.79 Å². The van der Waals surface area contributed by atoms with E-state index in [0.717, 1.165) is 36.9 Å². The monoisotopic (exact) mass is 262 g/mol. The largest absolute Gasteiger partial charge is 0.454 e. The minimum atomic E-state index is 0.357. The molecule has 2 aliphatic rings. The summed E-state index contributed by atoms with van der Waals surface area (Å²) in [5, 5.41) is 0. The molecule has 2 heterocycles. The van der Waals surface area contributed by atoms with Crippen LogP contribution in [0.4, 0.5) is 0 Å². The first-order chi connectivity index (χ1) is 9.35. The zero-order valence-electron chi connectivity index (χ0n) is 11.3. The Labute approximate surface area is 114 Å². The van der Waals surface area contributed by atoms with Crippen LogP contribution >= 0.6 is 0 Å². The SMILES string of the molecule is NCCN1CCC(Cc2ccc3c(c2)OCO3)CC1. The second kappa shape index (κ2) is 5.80. The van der Waals surface area contributed by atoms with Crippen LogP contribution in [0.15, 0.2) is 18.2 Å². The lowest BCUT2D eigenvalue weighted by molar-refractivity contribution is 0.174. The van der Waals surface area contributed by atoms with Crippen LogP contribution in [0.25, 0.3) is 0 Å². The normalized spacial score (nSPS) is 19.8. The summed E-state index contributed by atoms with van der Waals surface area (Å²) in [5.74, 6) is 2.56. The van der Waals surface area contributed by atoms with Gasteiger partial charge >= 0.3 is 0 Å². The van der Waals surface area contributed by atoms with Gasteiger partial charge in [0.15, 0.2) is 11.5 Å². The van der Waals surface area contributed by atoms with Gasteiger partial charge in [-0.1, -0.05) is 6.07 Å². The lowest BCUT2D eigenvalue weighted by Crippen LogP contribution is -2.37. The van der Waals surface area contributed by atoms with E-state index in [9.17, 15) is 0 Å². The van der Waals surface area contributed by atoms with Gasteiger partial charge in [0.25, 0.3) is 0 Å². The lowest BCUT2D eigenvalue weighted by atomic mass is 9.90. The molecule has 2 aliphatic heterocycles. The molecule has 0 aliphatic carbocycles. The zero-order chi connectivity index (χ0) is 13.1. The van der Waals surface area contributed by atoms with Crippen molar-refractivity contribution in [2.45, 2.75) is 19.3 Å².